The summed E-state index contributed by atoms with van der Waals surface area (Å²) in [5.41, 5.74) is 2.60. The zero-order valence-corrected chi connectivity index (χ0v) is 9.09. The molecule has 0 amide bonds. The van der Waals surface area contributed by atoms with Gasteiger partial charge in [0, 0.05) is 13.1 Å². The van der Waals surface area contributed by atoms with Gasteiger partial charge in [-0.1, -0.05) is 24.3 Å². The van der Waals surface area contributed by atoms with Gasteiger partial charge in [0.2, 0.25) is 0 Å². The van der Waals surface area contributed by atoms with Crippen LogP contribution in [-0.2, 0) is 6.54 Å². The normalized spacial score (nSPS) is 17.1. The lowest BCUT2D eigenvalue weighted by Crippen LogP contribution is -2.22. The first-order chi connectivity index (χ1) is 7.26. The van der Waals surface area contributed by atoms with Gasteiger partial charge < -0.3 is 5.32 Å². The van der Waals surface area contributed by atoms with Crippen LogP contribution in [0.4, 0.5) is 0 Å². The van der Waals surface area contributed by atoms with E-state index < -0.39 is 0 Å². The van der Waals surface area contributed by atoms with Crippen LogP contribution in [0.3, 0.4) is 0 Å². The van der Waals surface area contributed by atoms with Crippen LogP contribution in [0.1, 0.15) is 24.0 Å². The largest absolute Gasteiger partial charge is 0.311 e. The molecule has 2 rings (SSSR count). The molecule has 0 saturated heterocycles. The van der Waals surface area contributed by atoms with Crippen LogP contribution in [0.2, 0.25) is 0 Å². The minimum absolute atomic E-state index is 0.0390. The molecule has 15 heavy (non-hydrogen) atoms. The van der Waals surface area contributed by atoms with E-state index in [1.54, 1.807) is 0 Å². The van der Waals surface area contributed by atoms with Gasteiger partial charge in [0.25, 0.3) is 0 Å². The minimum Gasteiger partial charge on any atom is -0.311 e. The number of aryl methyl sites for hydroxylation is 1. The van der Waals surface area contributed by atoms with Crippen molar-refractivity contribution in [2.45, 2.75) is 26.3 Å². The van der Waals surface area contributed by atoms with Gasteiger partial charge in [-0.05, 0) is 30.9 Å². The second kappa shape index (κ2) is 4.04. The fraction of sp³-hybridized carbons (Fsp3) is 0.462. The molecule has 78 valence electrons. The van der Waals surface area contributed by atoms with Gasteiger partial charge in [-0.2, -0.15) is 5.26 Å². The Balaban J connectivity index is 1.84. The van der Waals surface area contributed by atoms with Crippen molar-refractivity contribution in [1.82, 2.24) is 5.32 Å². The molecule has 1 aliphatic rings. The van der Waals surface area contributed by atoms with Gasteiger partial charge in [0.15, 0.2) is 0 Å². The van der Waals surface area contributed by atoms with Crippen LogP contribution < -0.4 is 5.32 Å². The zero-order valence-electron chi connectivity index (χ0n) is 9.09. The summed E-state index contributed by atoms with van der Waals surface area (Å²) in [5, 5.41) is 12.3. The Hall–Kier alpha value is -1.33. The molecule has 1 N–H and O–H groups in total. The van der Waals surface area contributed by atoms with Gasteiger partial charge in [-0.25, -0.2) is 0 Å². The lowest BCUT2D eigenvalue weighted by molar-refractivity contribution is 0.557. The summed E-state index contributed by atoms with van der Waals surface area (Å²) in [6.45, 7) is 3.82. The minimum atomic E-state index is -0.0390. The Morgan fingerprint density at radius 3 is 2.73 bits per heavy atom. The molecule has 0 aliphatic heterocycles. The Morgan fingerprint density at radius 2 is 2.13 bits per heavy atom. The highest BCUT2D eigenvalue weighted by atomic mass is 14.9. The van der Waals surface area contributed by atoms with Crippen molar-refractivity contribution in [3.63, 3.8) is 0 Å². The number of benzene rings is 1. The van der Waals surface area contributed by atoms with E-state index in [4.69, 9.17) is 5.26 Å². The Bertz CT molecular complexity index is 386. The number of nitrogens with zero attached hydrogens (tertiary/aromatic N) is 1. The zero-order chi connectivity index (χ0) is 10.7. The first-order valence-electron chi connectivity index (χ1n) is 5.42. The van der Waals surface area contributed by atoms with Crippen LogP contribution in [0.25, 0.3) is 0 Å². The molecule has 0 aromatic heterocycles. The van der Waals surface area contributed by atoms with Crippen molar-refractivity contribution in [2.24, 2.45) is 5.41 Å². The van der Waals surface area contributed by atoms with Crippen molar-refractivity contribution >= 4 is 0 Å². The Kier molecular flexibility index (Phi) is 2.75. The molecule has 0 atom stereocenters. The van der Waals surface area contributed by atoms with Gasteiger partial charge in [-0.3, -0.25) is 0 Å². The van der Waals surface area contributed by atoms with E-state index >= 15 is 0 Å². The second-order valence-corrected chi connectivity index (χ2v) is 4.42. The summed E-state index contributed by atoms with van der Waals surface area (Å²) in [6.07, 6.45) is 2.12. The molecule has 2 nitrogen and oxygen atoms in total. The van der Waals surface area contributed by atoms with Crippen molar-refractivity contribution in [3.05, 3.63) is 35.4 Å². The number of hydrogen-bond donors (Lipinski definition) is 1. The second-order valence-electron chi connectivity index (χ2n) is 4.42. The highest BCUT2D eigenvalue weighted by molar-refractivity contribution is 5.25. The molecular formula is C13H16N2. The molecule has 1 aromatic rings. The Morgan fingerprint density at radius 1 is 1.40 bits per heavy atom. The maximum Gasteiger partial charge on any atom is 0.0703 e. The van der Waals surface area contributed by atoms with E-state index in [-0.39, 0.29) is 5.41 Å². The maximum absolute atomic E-state index is 8.92. The standard InChI is InChI=1S/C13H16N2/c1-11-4-2-3-5-12(11)8-15-10-13(9-14)6-7-13/h2-5,15H,6-8,10H2,1H3. The quantitative estimate of drug-likeness (QED) is 0.810. The first kappa shape index (κ1) is 10.2. The van der Waals surface area contributed by atoms with E-state index in [2.05, 4.69) is 42.6 Å². The van der Waals surface area contributed by atoms with Crippen molar-refractivity contribution in [3.8, 4) is 6.07 Å². The number of nitriles is 1. The molecular weight excluding hydrogens is 184 g/mol. The van der Waals surface area contributed by atoms with Crippen LogP contribution in [0, 0.1) is 23.7 Å². The molecule has 0 heterocycles. The highest BCUT2D eigenvalue weighted by Gasteiger charge is 2.42. The molecule has 0 radical (unpaired) electrons. The van der Waals surface area contributed by atoms with Crippen molar-refractivity contribution in [1.29, 1.82) is 5.26 Å². The topological polar surface area (TPSA) is 35.8 Å². The molecule has 0 bridgehead atoms. The van der Waals surface area contributed by atoms with Crippen molar-refractivity contribution < 1.29 is 0 Å². The molecule has 2 heteroatoms. The van der Waals surface area contributed by atoms with Gasteiger partial charge in [-0.15, -0.1) is 0 Å². The SMILES string of the molecule is Cc1ccccc1CNCC1(C#N)CC1. The highest BCUT2D eigenvalue weighted by Crippen LogP contribution is 2.44. The molecule has 1 aromatic carbocycles. The van der Waals surface area contributed by atoms with Crippen LogP contribution in [-0.4, -0.2) is 6.54 Å². The average molecular weight is 200 g/mol. The third kappa shape index (κ3) is 2.37. The van der Waals surface area contributed by atoms with E-state index in [0.29, 0.717) is 0 Å². The van der Waals surface area contributed by atoms with E-state index in [0.717, 1.165) is 25.9 Å². The van der Waals surface area contributed by atoms with Crippen molar-refractivity contribution in [2.75, 3.05) is 6.54 Å². The number of nitrogens with one attached hydrogen (secondary N) is 1. The molecule has 1 aliphatic carbocycles. The van der Waals surface area contributed by atoms with Crippen LogP contribution >= 0.6 is 0 Å². The number of hydrogen-bond acceptors (Lipinski definition) is 2. The summed E-state index contributed by atoms with van der Waals surface area (Å²) in [7, 11) is 0. The summed E-state index contributed by atoms with van der Waals surface area (Å²) in [5.74, 6) is 0. The summed E-state index contributed by atoms with van der Waals surface area (Å²) in [6, 6.07) is 10.8. The van der Waals surface area contributed by atoms with Gasteiger partial charge >= 0.3 is 0 Å². The van der Waals surface area contributed by atoms with Gasteiger partial charge in [0.05, 0.1) is 11.5 Å². The lowest BCUT2D eigenvalue weighted by Gasteiger charge is -2.09. The Labute approximate surface area is 90.9 Å². The first-order valence-corrected chi connectivity index (χ1v) is 5.42. The predicted octanol–water partition coefficient (Wildman–Crippen LogP) is 2.39. The smallest absolute Gasteiger partial charge is 0.0703 e. The van der Waals surface area contributed by atoms with E-state index in [1.807, 2.05) is 0 Å². The molecule has 1 saturated carbocycles. The maximum atomic E-state index is 8.92. The van der Waals surface area contributed by atoms with Crippen LogP contribution in [0.5, 0.6) is 0 Å². The molecule has 1 fully saturated rings. The molecule has 0 unspecified atom stereocenters. The fourth-order valence-corrected chi connectivity index (χ4v) is 1.72. The third-order valence-corrected chi connectivity index (χ3v) is 3.13. The third-order valence-electron chi connectivity index (χ3n) is 3.13. The average Bonchev–Trinajstić information content (AvgIpc) is 3.02. The monoisotopic (exact) mass is 200 g/mol. The number of rotatable bonds is 4. The summed E-state index contributed by atoms with van der Waals surface area (Å²) >= 11 is 0. The van der Waals surface area contributed by atoms with Crippen LogP contribution in [0.15, 0.2) is 24.3 Å². The van der Waals surface area contributed by atoms with E-state index in [9.17, 15) is 0 Å². The lowest BCUT2D eigenvalue weighted by atomic mass is 10.1. The predicted molar refractivity (Wildman–Crippen MR) is 60.2 cm³/mol. The summed E-state index contributed by atoms with van der Waals surface area (Å²) < 4.78 is 0. The van der Waals surface area contributed by atoms with Gasteiger partial charge in [0.1, 0.15) is 0 Å². The van der Waals surface area contributed by atoms with E-state index in [1.165, 1.54) is 11.1 Å². The summed E-state index contributed by atoms with van der Waals surface area (Å²) in [4.78, 5) is 0. The molecule has 0 spiro atoms. The fourth-order valence-electron chi connectivity index (χ4n) is 1.72.